The number of nitrogens with zero attached hydrogens (tertiary/aromatic N) is 2. The first-order valence-corrected chi connectivity index (χ1v) is 5.62. The Labute approximate surface area is 103 Å². The largest absolute Gasteiger partial charge is 0.314 e. The van der Waals surface area contributed by atoms with Gasteiger partial charge >= 0.3 is 0 Å². The SMILES string of the molecule is N#CC(c1cc(F)c(F)c(F)c1)N1CCNCC1. The second-order valence-corrected chi connectivity index (χ2v) is 4.12. The fourth-order valence-corrected chi connectivity index (χ4v) is 2.04. The van der Waals surface area contributed by atoms with Crippen LogP contribution in [0.15, 0.2) is 12.1 Å². The Balaban J connectivity index is 2.30. The van der Waals surface area contributed by atoms with Crippen molar-refractivity contribution in [2.45, 2.75) is 6.04 Å². The monoisotopic (exact) mass is 255 g/mol. The summed E-state index contributed by atoms with van der Waals surface area (Å²) >= 11 is 0. The van der Waals surface area contributed by atoms with Crippen LogP contribution in [0.4, 0.5) is 13.2 Å². The van der Waals surface area contributed by atoms with Crippen molar-refractivity contribution in [2.75, 3.05) is 26.2 Å². The van der Waals surface area contributed by atoms with Crippen LogP contribution in [0, 0.1) is 28.8 Å². The minimum atomic E-state index is -1.50. The van der Waals surface area contributed by atoms with Gasteiger partial charge in [-0.05, 0) is 17.7 Å². The van der Waals surface area contributed by atoms with Crippen LogP contribution in [0.1, 0.15) is 11.6 Å². The smallest absolute Gasteiger partial charge is 0.194 e. The van der Waals surface area contributed by atoms with Gasteiger partial charge in [0.2, 0.25) is 0 Å². The van der Waals surface area contributed by atoms with Crippen molar-refractivity contribution in [1.29, 1.82) is 5.26 Å². The molecule has 0 saturated carbocycles. The van der Waals surface area contributed by atoms with Crippen molar-refractivity contribution in [3.8, 4) is 6.07 Å². The predicted molar refractivity (Wildman–Crippen MR) is 59.1 cm³/mol. The molecule has 0 bridgehead atoms. The zero-order chi connectivity index (χ0) is 13.1. The number of benzene rings is 1. The van der Waals surface area contributed by atoms with Gasteiger partial charge in [0.15, 0.2) is 17.5 Å². The van der Waals surface area contributed by atoms with Crippen molar-refractivity contribution in [2.24, 2.45) is 0 Å². The van der Waals surface area contributed by atoms with Gasteiger partial charge in [-0.25, -0.2) is 13.2 Å². The Kier molecular flexibility index (Phi) is 3.84. The van der Waals surface area contributed by atoms with Gasteiger partial charge in [0.05, 0.1) is 6.07 Å². The topological polar surface area (TPSA) is 39.1 Å². The first-order chi connectivity index (χ1) is 8.63. The van der Waals surface area contributed by atoms with Crippen LogP contribution < -0.4 is 5.32 Å². The van der Waals surface area contributed by atoms with E-state index in [4.69, 9.17) is 5.26 Å². The molecule has 1 heterocycles. The molecular formula is C12H12F3N3. The van der Waals surface area contributed by atoms with E-state index in [0.29, 0.717) is 26.2 Å². The maximum atomic E-state index is 13.1. The van der Waals surface area contributed by atoms with E-state index in [1.54, 1.807) is 0 Å². The molecule has 0 aliphatic carbocycles. The van der Waals surface area contributed by atoms with Crippen LogP contribution >= 0.6 is 0 Å². The number of halogens is 3. The first-order valence-electron chi connectivity index (χ1n) is 5.62. The summed E-state index contributed by atoms with van der Waals surface area (Å²) < 4.78 is 39.2. The minimum Gasteiger partial charge on any atom is -0.314 e. The molecule has 3 nitrogen and oxygen atoms in total. The Hall–Kier alpha value is -1.58. The third-order valence-corrected chi connectivity index (χ3v) is 2.96. The zero-order valence-corrected chi connectivity index (χ0v) is 9.59. The number of nitrogens with one attached hydrogen (secondary N) is 1. The molecule has 1 fully saturated rings. The average molecular weight is 255 g/mol. The van der Waals surface area contributed by atoms with E-state index in [1.807, 2.05) is 11.0 Å². The number of hydrogen-bond acceptors (Lipinski definition) is 3. The van der Waals surface area contributed by atoms with Gasteiger partial charge in [-0.15, -0.1) is 0 Å². The summed E-state index contributed by atoms with van der Waals surface area (Å²) in [6, 6.07) is 3.02. The van der Waals surface area contributed by atoms with Gasteiger partial charge < -0.3 is 5.32 Å². The highest BCUT2D eigenvalue weighted by molar-refractivity contribution is 5.27. The van der Waals surface area contributed by atoms with Crippen LogP contribution in [-0.2, 0) is 0 Å². The highest BCUT2D eigenvalue weighted by atomic mass is 19.2. The third-order valence-electron chi connectivity index (χ3n) is 2.96. The number of nitriles is 1. The van der Waals surface area contributed by atoms with Crippen LogP contribution in [0.25, 0.3) is 0 Å². The molecule has 1 saturated heterocycles. The minimum absolute atomic E-state index is 0.149. The molecule has 6 heteroatoms. The fraction of sp³-hybridized carbons (Fsp3) is 0.417. The fourth-order valence-electron chi connectivity index (χ4n) is 2.04. The lowest BCUT2D eigenvalue weighted by Crippen LogP contribution is -2.44. The lowest BCUT2D eigenvalue weighted by atomic mass is 10.1. The molecule has 96 valence electrons. The molecule has 1 atom stereocenters. The molecule has 2 rings (SSSR count). The number of piperazine rings is 1. The zero-order valence-electron chi connectivity index (χ0n) is 9.59. The summed E-state index contributed by atoms with van der Waals surface area (Å²) in [5.41, 5.74) is 0.149. The molecule has 1 aliphatic rings. The molecule has 0 radical (unpaired) electrons. The predicted octanol–water partition coefficient (Wildman–Crippen LogP) is 1.57. The molecule has 0 aromatic heterocycles. The van der Waals surface area contributed by atoms with E-state index in [-0.39, 0.29) is 5.56 Å². The van der Waals surface area contributed by atoms with E-state index in [0.717, 1.165) is 12.1 Å². The molecule has 1 aromatic carbocycles. The maximum Gasteiger partial charge on any atom is 0.194 e. The molecule has 0 spiro atoms. The molecule has 1 unspecified atom stereocenters. The molecule has 1 aliphatic heterocycles. The molecular weight excluding hydrogens is 243 g/mol. The molecule has 1 N–H and O–H groups in total. The van der Waals surface area contributed by atoms with Crippen LogP contribution in [-0.4, -0.2) is 31.1 Å². The molecule has 1 aromatic rings. The third kappa shape index (κ3) is 2.47. The van der Waals surface area contributed by atoms with Gasteiger partial charge in [-0.1, -0.05) is 0 Å². The van der Waals surface area contributed by atoms with Crippen molar-refractivity contribution >= 4 is 0 Å². The quantitative estimate of drug-likeness (QED) is 0.815. The van der Waals surface area contributed by atoms with Crippen molar-refractivity contribution < 1.29 is 13.2 Å². The van der Waals surface area contributed by atoms with Crippen LogP contribution in [0.2, 0.25) is 0 Å². The van der Waals surface area contributed by atoms with Gasteiger partial charge in [-0.2, -0.15) is 5.26 Å². The standard InChI is InChI=1S/C12H12F3N3/c13-9-5-8(6-10(14)12(9)15)11(7-16)18-3-1-17-2-4-18/h5-6,11,17H,1-4H2. The van der Waals surface area contributed by atoms with Gasteiger partial charge in [0.25, 0.3) is 0 Å². The van der Waals surface area contributed by atoms with Gasteiger partial charge in [0, 0.05) is 26.2 Å². The maximum absolute atomic E-state index is 13.1. The van der Waals surface area contributed by atoms with Crippen molar-refractivity contribution in [3.05, 3.63) is 35.1 Å². The van der Waals surface area contributed by atoms with E-state index in [9.17, 15) is 13.2 Å². The van der Waals surface area contributed by atoms with E-state index >= 15 is 0 Å². The molecule has 18 heavy (non-hydrogen) atoms. The lowest BCUT2D eigenvalue weighted by Gasteiger charge is -2.31. The van der Waals surface area contributed by atoms with Crippen molar-refractivity contribution in [3.63, 3.8) is 0 Å². The summed E-state index contributed by atoms with van der Waals surface area (Å²) in [5.74, 6) is -4.03. The van der Waals surface area contributed by atoms with Crippen LogP contribution in [0.5, 0.6) is 0 Å². The van der Waals surface area contributed by atoms with Gasteiger partial charge in [-0.3, -0.25) is 4.90 Å². The summed E-state index contributed by atoms with van der Waals surface area (Å²) in [7, 11) is 0. The van der Waals surface area contributed by atoms with E-state index < -0.39 is 23.5 Å². The second kappa shape index (κ2) is 5.38. The van der Waals surface area contributed by atoms with Gasteiger partial charge in [0.1, 0.15) is 6.04 Å². The first kappa shape index (κ1) is 12.9. The Morgan fingerprint density at radius 1 is 1.17 bits per heavy atom. The highest BCUT2D eigenvalue weighted by Gasteiger charge is 2.24. The van der Waals surface area contributed by atoms with E-state index in [1.165, 1.54) is 0 Å². The van der Waals surface area contributed by atoms with Crippen molar-refractivity contribution in [1.82, 2.24) is 10.2 Å². The summed E-state index contributed by atoms with van der Waals surface area (Å²) in [6.07, 6.45) is 0. The average Bonchev–Trinajstić information content (AvgIpc) is 2.38. The number of rotatable bonds is 2. The second-order valence-electron chi connectivity index (χ2n) is 4.12. The summed E-state index contributed by atoms with van der Waals surface area (Å²) in [6.45, 7) is 2.65. The Morgan fingerprint density at radius 2 is 1.72 bits per heavy atom. The normalized spacial score (nSPS) is 18.3. The molecule has 0 amide bonds. The summed E-state index contributed by atoms with van der Waals surface area (Å²) in [5, 5.41) is 12.2. The van der Waals surface area contributed by atoms with Crippen LogP contribution in [0.3, 0.4) is 0 Å². The highest BCUT2D eigenvalue weighted by Crippen LogP contribution is 2.24. The number of hydrogen-bond donors (Lipinski definition) is 1. The van der Waals surface area contributed by atoms with E-state index in [2.05, 4.69) is 5.32 Å². The summed E-state index contributed by atoms with van der Waals surface area (Å²) in [4.78, 5) is 1.81. The Morgan fingerprint density at radius 3 is 2.22 bits per heavy atom. The lowest BCUT2D eigenvalue weighted by molar-refractivity contribution is 0.206. The Bertz CT molecular complexity index is 455.